The maximum absolute atomic E-state index is 12.5. The summed E-state index contributed by atoms with van der Waals surface area (Å²) in [6, 6.07) is 0. The van der Waals surface area contributed by atoms with Crippen molar-refractivity contribution >= 4 is 10.0 Å². The van der Waals surface area contributed by atoms with Crippen molar-refractivity contribution < 1.29 is 8.42 Å². The molecular weight excluding hydrogens is 264 g/mol. The van der Waals surface area contributed by atoms with Crippen LogP contribution in [0.15, 0.2) is 17.3 Å². The van der Waals surface area contributed by atoms with Gasteiger partial charge in [0.05, 0.1) is 12.7 Å². The molecule has 0 aliphatic carbocycles. The number of rotatable bonds is 4. The maximum Gasteiger partial charge on any atom is 0.246 e. The van der Waals surface area contributed by atoms with Gasteiger partial charge in [-0.2, -0.15) is 9.40 Å². The molecule has 2 heterocycles. The SMILES string of the molecule is CC1CCN(S(=O)(=O)c2cnn(CCN)c2)CC1C. The molecule has 1 aliphatic rings. The first kappa shape index (κ1) is 14.5. The highest BCUT2D eigenvalue weighted by Crippen LogP contribution is 2.27. The first-order chi connectivity index (χ1) is 8.95. The van der Waals surface area contributed by atoms with Crippen LogP contribution in [0.5, 0.6) is 0 Å². The Morgan fingerprint density at radius 2 is 2.16 bits per heavy atom. The molecule has 2 N–H and O–H groups in total. The van der Waals surface area contributed by atoms with Crippen LogP contribution in [-0.4, -0.2) is 42.1 Å². The molecule has 0 spiro atoms. The Bertz CT molecular complexity index is 526. The van der Waals surface area contributed by atoms with Crippen molar-refractivity contribution in [3.05, 3.63) is 12.4 Å². The fourth-order valence-electron chi connectivity index (χ4n) is 2.32. The number of hydrogen-bond donors (Lipinski definition) is 1. The second-order valence-corrected chi connectivity index (χ2v) is 7.27. The van der Waals surface area contributed by atoms with Crippen molar-refractivity contribution in [2.75, 3.05) is 19.6 Å². The summed E-state index contributed by atoms with van der Waals surface area (Å²) in [5, 5.41) is 4.03. The van der Waals surface area contributed by atoms with E-state index >= 15 is 0 Å². The van der Waals surface area contributed by atoms with Gasteiger partial charge in [-0.05, 0) is 18.3 Å². The number of aromatic nitrogens is 2. The predicted molar refractivity (Wildman–Crippen MR) is 73.0 cm³/mol. The molecular formula is C12H22N4O2S. The molecule has 1 fully saturated rings. The predicted octanol–water partition coefficient (Wildman–Crippen LogP) is 0.508. The van der Waals surface area contributed by atoms with E-state index in [1.165, 1.54) is 6.20 Å². The minimum absolute atomic E-state index is 0.266. The molecule has 1 aromatic rings. The van der Waals surface area contributed by atoms with Crippen LogP contribution in [0.3, 0.4) is 0 Å². The fourth-order valence-corrected chi connectivity index (χ4v) is 3.83. The van der Waals surface area contributed by atoms with Crippen LogP contribution in [0.25, 0.3) is 0 Å². The Morgan fingerprint density at radius 3 is 2.79 bits per heavy atom. The highest BCUT2D eigenvalue weighted by Gasteiger charge is 2.32. The summed E-state index contributed by atoms with van der Waals surface area (Å²) in [7, 11) is -3.41. The quantitative estimate of drug-likeness (QED) is 0.874. The summed E-state index contributed by atoms with van der Waals surface area (Å²) in [6.45, 7) is 6.43. The van der Waals surface area contributed by atoms with E-state index in [0.29, 0.717) is 38.0 Å². The molecule has 0 radical (unpaired) electrons. The number of nitrogens with zero attached hydrogens (tertiary/aromatic N) is 3. The Hall–Kier alpha value is -0.920. The average Bonchev–Trinajstić information content (AvgIpc) is 2.82. The van der Waals surface area contributed by atoms with E-state index in [2.05, 4.69) is 18.9 Å². The molecule has 0 bridgehead atoms. The van der Waals surface area contributed by atoms with E-state index in [0.717, 1.165) is 6.42 Å². The van der Waals surface area contributed by atoms with Crippen LogP contribution in [0.2, 0.25) is 0 Å². The Labute approximate surface area is 114 Å². The van der Waals surface area contributed by atoms with Crippen molar-refractivity contribution in [2.24, 2.45) is 17.6 Å². The first-order valence-electron chi connectivity index (χ1n) is 6.68. The minimum Gasteiger partial charge on any atom is -0.329 e. The first-order valence-corrected chi connectivity index (χ1v) is 8.12. The van der Waals surface area contributed by atoms with Crippen molar-refractivity contribution in [1.29, 1.82) is 0 Å². The van der Waals surface area contributed by atoms with Gasteiger partial charge in [-0.25, -0.2) is 8.42 Å². The van der Waals surface area contributed by atoms with Gasteiger partial charge in [-0.3, -0.25) is 4.68 Å². The largest absolute Gasteiger partial charge is 0.329 e. The van der Waals surface area contributed by atoms with Crippen molar-refractivity contribution in [3.8, 4) is 0 Å². The molecule has 0 saturated carbocycles. The van der Waals surface area contributed by atoms with Gasteiger partial charge >= 0.3 is 0 Å². The molecule has 2 unspecified atom stereocenters. The van der Waals surface area contributed by atoms with Crippen molar-refractivity contribution in [3.63, 3.8) is 0 Å². The van der Waals surface area contributed by atoms with Crippen LogP contribution < -0.4 is 5.73 Å². The molecule has 108 valence electrons. The zero-order chi connectivity index (χ0) is 14.0. The van der Waals surface area contributed by atoms with E-state index in [1.54, 1.807) is 15.2 Å². The molecule has 19 heavy (non-hydrogen) atoms. The summed E-state index contributed by atoms with van der Waals surface area (Å²) >= 11 is 0. The average molecular weight is 286 g/mol. The Morgan fingerprint density at radius 1 is 1.42 bits per heavy atom. The zero-order valence-corrected chi connectivity index (χ0v) is 12.3. The third kappa shape index (κ3) is 2.98. The van der Waals surface area contributed by atoms with Gasteiger partial charge in [0.1, 0.15) is 4.90 Å². The summed E-state index contributed by atoms with van der Waals surface area (Å²) in [4.78, 5) is 0.266. The lowest BCUT2D eigenvalue weighted by molar-refractivity contribution is 0.212. The highest BCUT2D eigenvalue weighted by atomic mass is 32.2. The molecule has 2 atom stereocenters. The molecule has 1 aliphatic heterocycles. The second kappa shape index (κ2) is 5.60. The fraction of sp³-hybridized carbons (Fsp3) is 0.750. The Kier molecular flexibility index (Phi) is 4.27. The van der Waals surface area contributed by atoms with Crippen molar-refractivity contribution in [2.45, 2.75) is 31.7 Å². The number of piperidine rings is 1. The van der Waals surface area contributed by atoms with E-state index in [-0.39, 0.29) is 4.90 Å². The monoisotopic (exact) mass is 286 g/mol. The van der Waals surface area contributed by atoms with Crippen LogP contribution in [-0.2, 0) is 16.6 Å². The van der Waals surface area contributed by atoms with Gasteiger partial charge in [0.25, 0.3) is 0 Å². The normalized spacial score (nSPS) is 25.6. The Balaban J connectivity index is 2.17. The van der Waals surface area contributed by atoms with Gasteiger partial charge in [0, 0.05) is 25.8 Å². The number of sulfonamides is 1. The lowest BCUT2D eigenvalue weighted by Crippen LogP contribution is -2.42. The van der Waals surface area contributed by atoms with Crippen molar-refractivity contribution in [1.82, 2.24) is 14.1 Å². The van der Waals surface area contributed by atoms with E-state index in [4.69, 9.17) is 5.73 Å². The lowest BCUT2D eigenvalue weighted by Gasteiger charge is -2.34. The van der Waals surface area contributed by atoms with E-state index in [1.807, 2.05) is 0 Å². The minimum atomic E-state index is -3.41. The lowest BCUT2D eigenvalue weighted by atomic mass is 9.90. The third-order valence-corrected chi connectivity index (χ3v) is 5.72. The molecule has 1 aromatic heterocycles. The maximum atomic E-state index is 12.5. The second-order valence-electron chi connectivity index (χ2n) is 5.33. The summed E-state index contributed by atoms with van der Waals surface area (Å²) in [6.07, 6.45) is 3.88. The molecule has 0 amide bonds. The van der Waals surface area contributed by atoms with Crippen LogP contribution in [0, 0.1) is 11.8 Å². The highest BCUT2D eigenvalue weighted by molar-refractivity contribution is 7.89. The summed E-state index contributed by atoms with van der Waals surface area (Å²) in [5.74, 6) is 0.967. The molecule has 2 rings (SSSR count). The molecule has 0 aromatic carbocycles. The van der Waals surface area contributed by atoms with Crippen LogP contribution in [0.4, 0.5) is 0 Å². The van der Waals surface area contributed by atoms with Gasteiger partial charge in [-0.1, -0.05) is 13.8 Å². The van der Waals surface area contributed by atoms with Crippen LogP contribution >= 0.6 is 0 Å². The standard InChI is InChI=1S/C12H22N4O2S/c1-10-3-5-16(8-11(10)2)19(17,18)12-7-14-15(9-12)6-4-13/h7,9-11H,3-6,8,13H2,1-2H3. The smallest absolute Gasteiger partial charge is 0.246 e. The summed E-state index contributed by atoms with van der Waals surface area (Å²) in [5.41, 5.74) is 5.43. The van der Waals surface area contributed by atoms with Gasteiger partial charge in [-0.15, -0.1) is 0 Å². The van der Waals surface area contributed by atoms with Gasteiger partial charge < -0.3 is 5.73 Å². The van der Waals surface area contributed by atoms with E-state index in [9.17, 15) is 8.42 Å². The van der Waals surface area contributed by atoms with Gasteiger partial charge in [0.15, 0.2) is 0 Å². The topological polar surface area (TPSA) is 81.2 Å². The van der Waals surface area contributed by atoms with Crippen LogP contribution in [0.1, 0.15) is 20.3 Å². The molecule has 1 saturated heterocycles. The van der Waals surface area contributed by atoms with Gasteiger partial charge in [0.2, 0.25) is 10.0 Å². The summed E-state index contributed by atoms with van der Waals surface area (Å²) < 4.78 is 28.1. The zero-order valence-electron chi connectivity index (χ0n) is 11.5. The number of nitrogens with two attached hydrogens (primary N) is 1. The molecule has 6 nitrogen and oxygen atoms in total. The third-order valence-electron chi connectivity index (χ3n) is 3.90. The van der Waals surface area contributed by atoms with E-state index < -0.39 is 10.0 Å². The number of hydrogen-bond acceptors (Lipinski definition) is 4. The molecule has 7 heteroatoms.